The second-order valence-electron chi connectivity index (χ2n) is 7.14. The van der Waals surface area contributed by atoms with E-state index in [1.165, 1.54) is 33.5 Å². The zero-order valence-corrected chi connectivity index (χ0v) is 19.3. The largest absolute Gasteiger partial charge is 0.467 e. The minimum atomic E-state index is -0.109. The van der Waals surface area contributed by atoms with Crippen molar-refractivity contribution in [2.24, 2.45) is 0 Å². The zero-order chi connectivity index (χ0) is 21.4. The molecule has 7 nitrogen and oxygen atoms in total. The van der Waals surface area contributed by atoms with Gasteiger partial charge in [0.1, 0.15) is 10.6 Å². The van der Waals surface area contributed by atoms with E-state index < -0.39 is 0 Å². The maximum atomic E-state index is 13.2. The van der Waals surface area contributed by atoms with Crippen LogP contribution in [0, 0.1) is 0 Å². The molecular weight excluding hydrogens is 452 g/mol. The van der Waals surface area contributed by atoms with Gasteiger partial charge in [-0.2, -0.15) is 0 Å². The van der Waals surface area contributed by atoms with Crippen molar-refractivity contribution in [3.8, 4) is 0 Å². The van der Waals surface area contributed by atoms with Gasteiger partial charge >= 0.3 is 0 Å². The van der Waals surface area contributed by atoms with Crippen LogP contribution in [0.2, 0.25) is 0 Å². The van der Waals surface area contributed by atoms with Crippen molar-refractivity contribution < 1.29 is 9.21 Å². The van der Waals surface area contributed by atoms with Gasteiger partial charge in [-0.25, -0.2) is 9.97 Å². The first-order chi connectivity index (χ1) is 15.2. The Morgan fingerprint density at radius 2 is 2.29 bits per heavy atom. The van der Waals surface area contributed by atoms with Crippen molar-refractivity contribution in [2.45, 2.75) is 44.4 Å². The van der Waals surface area contributed by atoms with E-state index in [0.29, 0.717) is 29.1 Å². The Kier molecular flexibility index (Phi) is 5.68. The molecule has 0 saturated carbocycles. The molecule has 0 bridgehead atoms. The molecule has 4 aromatic heterocycles. The molecule has 0 fully saturated rings. The van der Waals surface area contributed by atoms with Crippen molar-refractivity contribution in [1.29, 1.82) is 0 Å². The number of furan rings is 1. The summed E-state index contributed by atoms with van der Waals surface area (Å²) in [4.78, 5) is 39.1. The summed E-state index contributed by atoms with van der Waals surface area (Å²) in [5.41, 5.74) is 1.19. The molecule has 0 radical (unpaired) electrons. The topological polar surface area (TPSA) is 81.2 Å². The van der Waals surface area contributed by atoms with E-state index >= 15 is 0 Å². The Bertz CT molecular complexity index is 1280. The monoisotopic (exact) mass is 472 g/mol. The van der Waals surface area contributed by atoms with Crippen molar-refractivity contribution >= 4 is 55.7 Å². The molecule has 10 heteroatoms. The van der Waals surface area contributed by atoms with E-state index in [1.807, 2.05) is 18.4 Å². The number of anilines is 1. The highest BCUT2D eigenvalue weighted by Gasteiger charge is 2.24. The average molecular weight is 473 g/mol. The summed E-state index contributed by atoms with van der Waals surface area (Å²) < 4.78 is 7.11. The molecule has 0 unspecified atom stereocenters. The average Bonchev–Trinajstić information content (AvgIpc) is 3.55. The maximum Gasteiger partial charge on any atom is 0.263 e. The van der Waals surface area contributed by atoms with Crippen molar-refractivity contribution in [1.82, 2.24) is 14.5 Å². The number of thiazole rings is 1. The molecule has 0 saturated heterocycles. The number of hydrogen-bond acceptors (Lipinski definition) is 8. The molecule has 160 valence electrons. The molecule has 1 aliphatic rings. The first-order valence-electron chi connectivity index (χ1n) is 10.1. The number of fused-ring (bicyclic) bond motifs is 3. The number of aryl methyl sites for hydroxylation is 2. The van der Waals surface area contributed by atoms with Crippen LogP contribution in [0.3, 0.4) is 0 Å². The summed E-state index contributed by atoms with van der Waals surface area (Å²) in [6, 6.07) is 3.63. The highest BCUT2D eigenvalue weighted by Crippen LogP contribution is 2.35. The van der Waals surface area contributed by atoms with E-state index in [-0.39, 0.29) is 17.2 Å². The molecule has 1 amide bonds. The van der Waals surface area contributed by atoms with E-state index in [1.54, 1.807) is 39.3 Å². The number of rotatable bonds is 7. The lowest BCUT2D eigenvalue weighted by Crippen LogP contribution is -2.32. The van der Waals surface area contributed by atoms with Crippen LogP contribution in [-0.2, 0) is 30.7 Å². The zero-order valence-electron chi connectivity index (χ0n) is 16.9. The molecule has 0 aliphatic heterocycles. The number of thioether (sulfide) groups is 1. The second-order valence-corrected chi connectivity index (χ2v) is 10.0. The lowest BCUT2D eigenvalue weighted by Gasteiger charge is -2.19. The van der Waals surface area contributed by atoms with Crippen LogP contribution in [-0.4, -0.2) is 26.2 Å². The summed E-state index contributed by atoms with van der Waals surface area (Å²) in [6.45, 7) is 2.77. The van der Waals surface area contributed by atoms with E-state index in [2.05, 4.69) is 4.98 Å². The summed E-state index contributed by atoms with van der Waals surface area (Å²) in [5.74, 6) is 0.734. The molecule has 5 rings (SSSR count). The molecule has 31 heavy (non-hydrogen) atoms. The predicted octanol–water partition coefficient (Wildman–Crippen LogP) is 4.34. The van der Waals surface area contributed by atoms with Gasteiger partial charge in [0.15, 0.2) is 10.3 Å². The van der Waals surface area contributed by atoms with Crippen LogP contribution in [0.4, 0.5) is 5.13 Å². The van der Waals surface area contributed by atoms with Gasteiger partial charge in [-0.3, -0.25) is 19.1 Å². The van der Waals surface area contributed by atoms with Gasteiger partial charge in [-0.15, -0.1) is 22.7 Å². The second kappa shape index (κ2) is 8.60. The predicted molar refractivity (Wildman–Crippen MR) is 124 cm³/mol. The highest BCUT2D eigenvalue weighted by atomic mass is 32.2. The first-order valence-corrected chi connectivity index (χ1v) is 12.7. The van der Waals surface area contributed by atoms with Crippen LogP contribution in [0.1, 0.15) is 29.5 Å². The third-order valence-corrected chi connectivity index (χ3v) is 8.22. The lowest BCUT2D eigenvalue weighted by molar-refractivity contribution is -0.116. The number of hydrogen-bond donors (Lipinski definition) is 0. The van der Waals surface area contributed by atoms with Gasteiger partial charge in [0, 0.05) is 23.0 Å². The third-order valence-electron chi connectivity index (χ3n) is 5.28. The van der Waals surface area contributed by atoms with Crippen molar-refractivity contribution in [2.75, 3.05) is 10.7 Å². The van der Waals surface area contributed by atoms with E-state index in [4.69, 9.17) is 9.40 Å². The van der Waals surface area contributed by atoms with Gasteiger partial charge in [0.2, 0.25) is 5.91 Å². The Morgan fingerprint density at radius 3 is 3.03 bits per heavy atom. The SMILES string of the molecule is CCn1c(SCC(=O)N(Cc2ccco2)c2nccs2)nc2sc3c(c2c1=O)CCC3. The minimum absolute atomic E-state index is 0.00853. The fourth-order valence-electron chi connectivity index (χ4n) is 3.82. The van der Waals surface area contributed by atoms with Crippen LogP contribution in [0.5, 0.6) is 0 Å². The van der Waals surface area contributed by atoms with Gasteiger partial charge in [0.05, 0.1) is 23.9 Å². The third kappa shape index (κ3) is 3.83. The molecule has 0 atom stereocenters. The van der Waals surface area contributed by atoms with Crippen LogP contribution in [0.25, 0.3) is 10.2 Å². The number of carbonyl (C=O) groups excluding carboxylic acids is 1. The minimum Gasteiger partial charge on any atom is -0.467 e. The molecular formula is C21H20N4O3S3. The Hall–Kier alpha value is -2.43. The molecule has 0 aromatic carbocycles. The standard InChI is InChI=1S/C21H20N4O3S3/c1-2-24-19(27)17-14-6-3-7-15(14)31-18(17)23-21(24)30-12-16(26)25(20-22-8-10-29-20)11-13-5-4-9-28-13/h4-5,8-10H,2-3,6-7,11-12H2,1H3. The fraction of sp³-hybridized carbons (Fsp3) is 0.333. The van der Waals surface area contributed by atoms with Crippen LogP contribution < -0.4 is 10.5 Å². The number of aromatic nitrogens is 3. The first kappa shape index (κ1) is 20.5. The number of thiophene rings is 1. The Labute approximate surface area is 190 Å². The van der Waals surface area contributed by atoms with Gasteiger partial charge in [-0.1, -0.05) is 11.8 Å². The molecule has 0 spiro atoms. The van der Waals surface area contributed by atoms with E-state index in [0.717, 1.165) is 29.5 Å². The van der Waals surface area contributed by atoms with Gasteiger partial charge in [-0.05, 0) is 43.9 Å². The Morgan fingerprint density at radius 1 is 1.39 bits per heavy atom. The van der Waals surface area contributed by atoms with Crippen molar-refractivity contribution in [3.05, 3.63) is 56.5 Å². The summed E-state index contributed by atoms with van der Waals surface area (Å²) in [5, 5.41) is 3.82. The molecule has 0 N–H and O–H groups in total. The quantitative estimate of drug-likeness (QED) is 0.294. The smallest absolute Gasteiger partial charge is 0.263 e. The van der Waals surface area contributed by atoms with Crippen LogP contribution in [0.15, 0.2) is 44.3 Å². The normalized spacial score (nSPS) is 13.1. The maximum absolute atomic E-state index is 13.2. The van der Waals surface area contributed by atoms with E-state index in [9.17, 15) is 9.59 Å². The number of amides is 1. The fourth-order valence-corrected chi connectivity index (χ4v) is 6.72. The van der Waals surface area contributed by atoms with Gasteiger partial charge in [0.25, 0.3) is 5.56 Å². The molecule has 4 aromatic rings. The molecule has 1 aliphatic carbocycles. The Balaban J connectivity index is 1.41. The summed E-state index contributed by atoms with van der Waals surface area (Å²) >= 11 is 4.32. The summed E-state index contributed by atoms with van der Waals surface area (Å²) in [6.07, 6.45) is 6.35. The highest BCUT2D eigenvalue weighted by molar-refractivity contribution is 7.99. The van der Waals surface area contributed by atoms with Gasteiger partial charge < -0.3 is 4.42 Å². The lowest BCUT2D eigenvalue weighted by atomic mass is 10.2. The number of nitrogens with zero attached hydrogens (tertiary/aromatic N) is 4. The molecule has 4 heterocycles. The summed E-state index contributed by atoms with van der Waals surface area (Å²) in [7, 11) is 0. The van der Waals surface area contributed by atoms with Crippen LogP contribution >= 0.6 is 34.4 Å². The van der Waals surface area contributed by atoms with Crippen molar-refractivity contribution in [3.63, 3.8) is 0 Å². The number of carbonyl (C=O) groups is 1.